The van der Waals surface area contributed by atoms with Gasteiger partial charge in [-0.1, -0.05) is 12.1 Å². The van der Waals surface area contributed by atoms with E-state index in [1.54, 1.807) is 43.6 Å². The van der Waals surface area contributed by atoms with Gasteiger partial charge in [0.1, 0.15) is 11.6 Å². The molecule has 1 aromatic carbocycles. The van der Waals surface area contributed by atoms with Crippen molar-refractivity contribution in [3.8, 4) is 5.75 Å². The van der Waals surface area contributed by atoms with Crippen molar-refractivity contribution in [2.24, 2.45) is 0 Å². The highest BCUT2D eigenvalue weighted by Crippen LogP contribution is 2.36. The number of carbonyl (C=O) groups excluding carboxylic acids is 1. The Balaban J connectivity index is 1.90. The second-order valence-corrected chi connectivity index (χ2v) is 6.11. The van der Waals surface area contributed by atoms with Crippen LogP contribution in [0.4, 0.5) is 5.82 Å². The lowest BCUT2D eigenvalue weighted by atomic mass is 10.1. The summed E-state index contributed by atoms with van der Waals surface area (Å²) in [4.78, 5) is 28.7. The van der Waals surface area contributed by atoms with E-state index >= 15 is 0 Å². The third-order valence-corrected chi connectivity index (χ3v) is 3.96. The van der Waals surface area contributed by atoms with Crippen molar-refractivity contribution in [1.29, 1.82) is 0 Å². The minimum Gasteiger partial charge on any atom is -0.482 e. The fourth-order valence-corrected chi connectivity index (χ4v) is 2.73. The number of carboxylic acid groups (broad SMARTS) is 1. The number of likely N-dealkylation sites (N-methyl/N-ethyl adjacent to an activating group) is 1. The molecule has 6 nitrogen and oxygen atoms in total. The minimum absolute atomic E-state index is 0.123. The van der Waals surface area contributed by atoms with Gasteiger partial charge in [-0.05, 0) is 45.8 Å². The van der Waals surface area contributed by atoms with Crippen molar-refractivity contribution >= 4 is 45.3 Å². The maximum Gasteiger partial charge on any atom is 0.341 e. The summed E-state index contributed by atoms with van der Waals surface area (Å²) in [6, 6.07) is 8.72. The van der Waals surface area contributed by atoms with Gasteiger partial charge in [0.2, 0.25) is 0 Å². The smallest absolute Gasteiger partial charge is 0.341 e. The number of aliphatic carboxylic acids is 1. The quantitative estimate of drug-likeness (QED) is 0.814. The van der Waals surface area contributed by atoms with Crippen LogP contribution in [0.1, 0.15) is 11.1 Å². The Morgan fingerprint density at radius 3 is 2.75 bits per heavy atom. The Kier molecular flexibility index (Phi) is 4.35. The molecule has 3 rings (SSSR count). The topological polar surface area (TPSA) is 79.7 Å². The molecule has 0 radical (unpaired) electrons. The van der Waals surface area contributed by atoms with Crippen LogP contribution in [0, 0.1) is 0 Å². The molecule has 7 heteroatoms. The number of pyridine rings is 1. The number of hydrogen-bond donors (Lipinski definition) is 1. The molecular formula is C17H13BrN2O4. The molecule has 0 bridgehead atoms. The highest BCUT2D eigenvalue weighted by molar-refractivity contribution is 9.10. The largest absolute Gasteiger partial charge is 0.482 e. The van der Waals surface area contributed by atoms with Gasteiger partial charge in [-0.3, -0.25) is 9.69 Å². The Labute approximate surface area is 146 Å². The molecule has 0 atom stereocenters. The van der Waals surface area contributed by atoms with Gasteiger partial charge in [-0.15, -0.1) is 0 Å². The number of halogens is 1. The molecule has 0 fully saturated rings. The molecule has 1 aliphatic rings. The van der Waals surface area contributed by atoms with Crippen molar-refractivity contribution in [1.82, 2.24) is 4.98 Å². The summed E-state index contributed by atoms with van der Waals surface area (Å²) in [5.41, 5.74) is 2.13. The normalized spacial score (nSPS) is 14.8. The van der Waals surface area contributed by atoms with Gasteiger partial charge < -0.3 is 9.84 Å². The summed E-state index contributed by atoms with van der Waals surface area (Å²) in [5, 5.41) is 8.60. The molecule has 0 aliphatic carbocycles. The Bertz CT molecular complexity index is 846. The standard InChI is InChI=1S/C17H13BrN2O4/c1-20-16-13(7-11(18)8-19-16)14(17(20)23)6-10-2-4-12(5-3-10)24-9-15(21)22/h2-8H,9H2,1H3,(H,21,22)/b14-6+. The van der Waals surface area contributed by atoms with Crippen LogP contribution >= 0.6 is 15.9 Å². The number of nitrogens with zero attached hydrogens (tertiary/aromatic N) is 2. The first-order valence-corrected chi connectivity index (χ1v) is 7.85. The van der Waals surface area contributed by atoms with Gasteiger partial charge in [0.25, 0.3) is 5.91 Å². The molecule has 0 spiro atoms. The van der Waals surface area contributed by atoms with Crippen LogP contribution in [0.2, 0.25) is 0 Å². The zero-order valence-electron chi connectivity index (χ0n) is 12.7. The second-order valence-electron chi connectivity index (χ2n) is 5.20. The zero-order chi connectivity index (χ0) is 17.3. The lowest BCUT2D eigenvalue weighted by Gasteiger charge is -2.07. The van der Waals surface area contributed by atoms with Crippen molar-refractivity contribution in [3.05, 3.63) is 52.1 Å². The first-order valence-electron chi connectivity index (χ1n) is 7.06. The second kappa shape index (κ2) is 6.45. The number of hydrogen-bond acceptors (Lipinski definition) is 4. The first kappa shape index (κ1) is 16.2. The van der Waals surface area contributed by atoms with Crippen LogP contribution in [0.25, 0.3) is 11.6 Å². The molecule has 2 heterocycles. The predicted molar refractivity (Wildman–Crippen MR) is 92.8 cm³/mol. The number of rotatable bonds is 4. The minimum atomic E-state index is -1.03. The Morgan fingerprint density at radius 2 is 2.08 bits per heavy atom. The average Bonchev–Trinajstić information content (AvgIpc) is 2.78. The number of ether oxygens (including phenoxy) is 1. The van der Waals surface area contributed by atoms with Crippen LogP contribution in [0.15, 0.2) is 41.0 Å². The molecule has 1 N–H and O–H groups in total. The van der Waals surface area contributed by atoms with E-state index in [4.69, 9.17) is 9.84 Å². The van der Waals surface area contributed by atoms with Gasteiger partial charge in [0.15, 0.2) is 6.61 Å². The Morgan fingerprint density at radius 1 is 1.38 bits per heavy atom. The van der Waals surface area contributed by atoms with Crippen LogP contribution in [-0.2, 0) is 9.59 Å². The lowest BCUT2D eigenvalue weighted by Crippen LogP contribution is -2.20. The van der Waals surface area contributed by atoms with Crippen LogP contribution < -0.4 is 9.64 Å². The maximum absolute atomic E-state index is 12.4. The maximum atomic E-state index is 12.4. The van der Waals surface area contributed by atoms with E-state index in [0.717, 1.165) is 15.6 Å². The number of fused-ring (bicyclic) bond motifs is 1. The number of carbonyl (C=O) groups is 2. The first-order chi connectivity index (χ1) is 11.5. The van der Waals surface area contributed by atoms with Gasteiger partial charge >= 0.3 is 5.97 Å². The summed E-state index contributed by atoms with van der Waals surface area (Å²) in [5.74, 6) is -0.0765. The van der Waals surface area contributed by atoms with Crippen molar-refractivity contribution in [2.45, 2.75) is 0 Å². The summed E-state index contributed by atoms with van der Waals surface area (Å²) in [7, 11) is 1.69. The van der Waals surface area contributed by atoms with Crippen molar-refractivity contribution in [3.63, 3.8) is 0 Å². The molecule has 1 aliphatic heterocycles. The van der Waals surface area contributed by atoms with E-state index in [1.807, 2.05) is 6.07 Å². The summed E-state index contributed by atoms with van der Waals surface area (Å²) in [6.07, 6.45) is 3.43. The molecule has 24 heavy (non-hydrogen) atoms. The number of anilines is 1. The number of carboxylic acids is 1. The highest BCUT2D eigenvalue weighted by atomic mass is 79.9. The molecule has 1 amide bonds. The summed E-state index contributed by atoms with van der Waals surface area (Å²) >= 11 is 3.37. The fourth-order valence-electron chi connectivity index (χ4n) is 2.40. The van der Waals surface area contributed by atoms with Crippen LogP contribution in [0.3, 0.4) is 0 Å². The SMILES string of the molecule is CN1C(=O)/C(=C/c2ccc(OCC(=O)O)cc2)c2cc(Br)cnc21. The Hall–Kier alpha value is -2.67. The van der Waals surface area contributed by atoms with E-state index in [9.17, 15) is 9.59 Å². The van der Waals surface area contributed by atoms with Crippen LogP contribution in [0.5, 0.6) is 5.75 Å². The van der Waals surface area contributed by atoms with Gasteiger partial charge in [-0.25, -0.2) is 9.78 Å². The van der Waals surface area contributed by atoms with E-state index in [1.165, 1.54) is 4.90 Å². The molecule has 0 saturated heterocycles. The molecule has 2 aromatic rings. The predicted octanol–water partition coefficient (Wildman–Crippen LogP) is 2.82. The molecular weight excluding hydrogens is 376 g/mol. The molecule has 0 unspecified atom stereocenters. The molecule has 122 valence electrons. The fraction of sp³-hybridized carbons (Fsp3) is 0.118. The summed E-state index contributed by atoms with van der Waals surface area (Å²) < 4.78 is 5.89. The van der Waals surface area contributed by atoms with Gasteiger partial charge in [-0.2, -0.15) is 0 Å². The number of amides is 1. The van der Waals surface area contributed by atoms with E-state index in [0.29, 0.717) is 17.1 Å². The molecule has 1 aromatic heterocycles. The van der Waals surface area contributed by atoms with Gasteiger partial charge in [0, 0.05) is 23.3 Å². The number of benzene rings is 1. The number of aromatic nitrogens is 1. The molecule has 0 saturated carbocycles. The monoisotopic (exact) mass is 388 g/mol. The lowest BCUT2D eigenvalue weighted by molar-refractivity contribution is -0.139. The van der Waals surface area contributed by atoms with E-state index in [2.05, 4.69) is 20.9 Å². The zero-order valence-corrected chi connectivity index (χ0v) is 14.3. The highest BCUT2D eigenvalue weighted by Gasteiger charge is 2.31. The third kappa shape index (κ3) is 3.16. The summed E-state index contributed by atoms with van der Waals surface area (Å²) in [6.45, 7) is -0.392. The van der Waals surface area contributed by atoms with Gasteiger partial charge in [0.05, 0.1) is 5.57 Å². The van der Waals surface area contributed by atoms with E-state index in [-0.39, 0.29) is 5.91 Å². The van der Waals surface area contributed by atoms with Crippen molar-refractivity contribution < 1.29 is 19.4 Å². The van der Waals surface area contributed by atoms with Crippen molar-refractivity contribution in [2.75, 3.05) is 18.6 Å². The third-order valence-electron chi connectivity index (χ3n) is 3.53. The average molecular weight is 389 g/mol. The van der Waals surface area contributed by atoms with Crippen LogP contribution in [-0.4, -0.2) is 35.6 Å². The van der Waals surface area contributed by atoms with E-state index < -0.39 is 12.6 Å².